The number of rotatable bonds is 2. The van der Waals surface area contributed by atoms with Gasteiger partial charge in [0.05, 0.1) is 22.1 Å². The molecule has 0 aliphatic heterocycles. The van der Waals surface area contributed by atoms with Crippen molar-refractivity contribution >= 4 is 59.8 Å². The van der Waals surface area contributed by atoms with Crippen LogP contribution in [0.4, 0.5) is 0 Å². The Kier molecular flexibility index (Phi) is 4.20. The number of para-hydroxylation sites is 4. The van der Waals surface area contributed by atoms with E-state index in [0.29, 0.717) is 0 Å². The molecule has 0 spiro atoms. The summed E-state index contributed by atoms with van der Waals surface area (Å²) in [5, 5.41) is 7.59. The van der Waals surface area contributed by atoms with Gasteiger partial charge in [0.2, 0.25) is 0 Å². The number of aromatic nitrogens is 2. The highest BCUT2D eigenvalue weighted by atomic mass is 16.1. The van der Waals surface area contributed by atoms with Crippen molar-refractivity contribution in [2.24, 2.45) is 0 Å². The zero-order valence-corrected chi connectivity index (χ0v) is 21.5. The van der Waals surface area contributed by atoms with Crippen LogP contribution < -0.4 is 5.56 Å². The summed E-state index contributed by atoms with van der Waals surface area (Å²) in [6.45, 7) is 0. The first-order valence-electron chi connectivity index (χ1n) is 13.6. The third-order valence-electron chi connectivity index (χ3n) is 8.48. The van der Waals surface area contributed by atoms with Crippen LogP contribution in [0.5, 0.6) is 0 Å². The summed E-state index contributed by atoms with van der Waals surface area (Å²) in [5.41, 5.74) is 7.75. The maximum absolute atomic E-state index is 13.8. The molecule has 0 atom stereocenters. The third-order valence-corrected chi connectivity index (χ3v) is 8.48. The summed E-state index contributed by atoms with van der Waals surface area (Å²) in [7, 11) is 0. The van der Waals surface area contributed by atoms with E-state index in [-0.39, 0.29) is 5.56 Å². The highest BCUT2D eigenvalue weighted by Gasteiger charge is 2.17. The third kappa shape index (κ3) is 2.76. The maximum atomic E-state index is 13.8. The van der Waals surface area contributed by atoms with E-state index in [1.165, 1.54) is 21.8 Å². The Bertz CT molecular complexity index is 2440. The van der Waals surface area contributed by atoms with Crippen LogP contribution in [0.15, 0.2) is 138 Å². The van der Waals surface area contributed by atoms with Gasteiger partial charge in [-0.1, -0.05) is 91.0 Å². The minimum atomic E-state index is 0.0353. The van der Waals surface area contributed by atoms with Gasteiger partial charge in [-0.25, -0.2) is 0 Å². The van der Waals surface area contributed by atoms with Gasteiger partial charge >= 0.3 is 0 Å². The zero-order chi connectivity index (χ0) is 26.4. The van der Waals surface area contributed by atoms with E-state index in [4.69, 9.17) is 0 Å². The normalized spacial score (nSPS) is 12.1. The first-order chi connectivity index (χ1) is 19.8. The Balaban J connectivity index is 1.24. The number of benzene rings is 6. The van der Waals surface area contributed by atoms with Crippen LogP contribution in [0.25, 0.3) is 76.6 Å². The highest BCUT2D eigenvalue weighted by molar-refractivity contribution is 6.20. The largest absolute Gasteiger partial charge is 0.309 e. The zero-order valence-electron chi connectivity index (χ0n) is 21.5. The summed E-state index contributed by atoms with van der Waals surface area (Å²) in [6.07, 6.45) is 0. The highest BCUT2D eigenvalue weighted by Crippen LogP contribution is 2.36. The number of pyridine rings is 1. The van der Waals surface area contributed by atoms with E-state index in [1.807, 2.05) is 28.7 Å². The van der Waals surface area contributed by atoms with Crippen LogP contribution in [0.2, 0.25) is 0 Å². The lowest BCUT2D eigenvalue weighted by Crippen LogP contribution is -2.12. The van der Waals surface area contributed by atoms with Crippen molar-refractivity contribution in [2.75, 3.05) is 0 Å². The smallest absolute Gasteiger partial charge is 0.263 e. The molecule has 9 rings (SSSR count). The molecular formula is C37H22N2O. The molecule has 0 amide bonds. The Labute approximate surface area is 229 Å². The molecule has 0 fully saturated rings. The van der Waals surface area contributed by atoms with Crippen LogP contribution >= 0.6 is 0 Å². The molecule has 0 aliphatic rings. The second kappa shape index (κ2) is 7.81. The molecule has 3 nitrogen and oxygen atoms in total. The summed E-state index contributed by atoms with van der Waals surface area (Å²) in [6, 6.07) is 46.7. The van der Waals surface area contributed by atoms with Crippen LogP contribution in [0.3, 0.4) is 0 Å². The molecule has 0 saturated carbocycles. The molecule has 186 valence electrons. The summed E-state index contributed by atoms with van der Waals surface area (Å²) in [4.78, 5) is 13.8. The first kappa shape index (κ1) is 21.5. The predicted molar refractivity (Wildman–Crippen MR) is 167 cm³/mol. The number of hydrogen-bond donors (Lipinski definition) is 0. The maximum Gasteiger partial charge on any atom is 0.263 e. The van der Waals surface area contributed by atoms with E-state index in [2.05, 4.69) is 114 Å². The SMILES string of the molecule is O=c1c2ccc(-c3ccc(-n4c5ccccc5c5ccccc54)cc3)cc2c2cccc3c4ccccc4n1c23. The topological polar surface area (TPSA) is 26.4 Å². The van der Waals surface area contributed by atoms with E-state index < -0.39 is 0 Å². The average molecular weight is 511 g/mol. The van der Waals surface area contributed by atoms with E-state index >= 15 is 0 Å². The average Bonchev–Trinajstić information content (AvgIpc) is 3.54. The van der Waals surface area contributed by atoms with E-state index in [1.54, 1.807) is 0 Å². The molecule has 40 heavy (non-hydrogen) atoms. The molecule has 6 aromatic carbocycles. The van der Waals surface area contributed by atoms with Gasteiger partial charge in [-0.2, -0.15) is 0 Å². The van der Waals surface area contributed by atoms with Crippen molar-refractivity contribution in [2.45, 2.75) is 0 Å². The number of fused-ring (bicyclic) bond motifs is 8. The predicted octanol–water partition coefficient (Wildman–Crippen LogP) is 8.96. The first-order valence-corrected chi connectivity index (χ1v) is 13.6. The van der Waals surface area contributed by atoms with Gasteiger partial charge in [-0.05, 0) is 59.0 Å². The second-order valence-corrected chi connectivity index (χ2v) is 10.5. The molecule has 0 saturated heterocycles. The Morgan fingerprint density at radius 1 is 0.400 bits per heavy atom. The molecular weight excluding hydrogens is 488 g/mol. The Hall–Kier alpha value is -5.41. The minimum absolute atomic E-state index is 0.0353. The fraction of sp³-hybridized carbons (Fsp3) is 0. The van der Waals surface area contributed by atoms with Crippen molar-refractivity contribution < 1.29 is 0 Å². The monoisotopic (exact) mass is 510 g/mol. The molecule has 0 N–H and O–H groups in total. The van der Waals surface area contributed by atoms with E-state index in [9.17, 15) is 4.79 Å². The van der Waals surface area contributed by atoms with Crippen LogP contribution in [-0.2, 0) is 0 Å². The molecule has 9 aromatic rings. The van der Waals surface area contributed by atoms with Crippen molar-refractivity contribution in [3.05, 3.63) is 144 Å². The minimum Gasteiger partial charge on any atom is -0.309 e. The van der Waals surface area contributed by atoms with Gasteiger partial charge in [-0.15, -0.1) is 0 Å². The molecule has 0 aliphatic carbocycles. The van der Waals surface area contributed by atoms with Crippen molar-refractivity contribution in [1.29, 1.82) is 0 Å². The lowest BCUT2D eigenvalue weighted by atomic mass is 9.98. The summed E-state index contributed by atoms with van der Waals surface area (Å²) >= 11 is 0. The molecule has 3 heterocycles. The molecule has 0 unspecified atom stereocenters. The number of hydrogen-bond acceptors (Lipinski definition) is 1. The lowest BCUT2D eigenvalue weighted by molar-refractivity contribution is 1.18. The van der Waals surface area contributed by atoms with Crippen LogP contribution in [0.1, 0.15) is 0 Å². The van der Waals surface area contributed by atoms with Crippen molar-refractivity contribution in [3.63, 3.8) is 0 Å². The number of nitrogens with zero attached hydrogens (tertiary/aromatic N) is 2. The van der Waals surface area contributed by atoms with Gasteiger partial charge < -0.3 is 4.57 Å². The van der Waals surface area contributed by atoms with Gasteiger partial charge in [-0.3, -0.25) is 9.20 Å². The Morgan fingerprint density at radius 2 is 0.925 bits per heavy atom. The van der Waals surface area contributed by atoms with Gasteiger partial charge in [0.25, 0.3) is 5.56 Å². The standard InChI is InChI=1S/C37H22N2O/c40-37-31-21-18-24(22-32(31)30-12-7-11-29-28-10-3-6-15-35(28)39(37)36(29)30)23-16-19-25(20-17-23)38-33-13-4-1-8-26(33)27-9-2-5-14-34(27)38/h1-22H. The molecule has 3 heteroatoms. The molecule has 3 aromatic heterocycles. The van der Waals surface area contributed by atoms with Gasteiger partial charge in [0.15, 0.2) is 0 Å². The molecule has 0 bridgehead atoms. The van der Waals surface area contributed by atoms with Crippen LogP contribution in [0, 0.1) is 0 Å². The fourth-order valence-corrected chi connectivity index (χ4v) is 6.70. The fourth-order valence-electron chi connectivity index (χ4n) is 6.70. The van der Waals surface area contributed by atoms with Crippen LogP contribution in [-0.4, -0.2) is 8.97 Å². The van der Waals surface area contributed by atoms with E-state index in [0.717, 1.165) is 54.8 Å². The van der Waals surface area contributed by atoms with Gasteiger partial charge in [0.1, 0.15) is 0 Å². The van der Waals surface area contributed by atoms with Crippen molar-refractivity contribution in [3.8, 4) is 16.8 Å². The second-order valence-electron chi connectivity index (χ2n) is 10.5. The summed E-state index contributed by atoms with van der Waals surface area (Å²) < 4.78 is 4.22. The quantitative estimate of drug-likeness (QED) is 0.213. The lowest BCUT2D eigenvalue weighted by Gasteiger charge is -2.11. The Morgan fingerprint density at radius 3 is 1.60 bits per heavy atom. The van der Waals surface area contributed by atoms with Crippen molar-refractivity contribution in [1.82, 2.24) is 8.97 Å². The summed E-state index contributed by atoms with van der Waals surface area (Å²) in [5.74, 6) is 0. The molecule has 0 radical (unpaired) electrons. The van der Waals surface area contributed by atoms with Gasteiger partial charge in [0, 0.05) is 38.0 Å².